The smallest absolute Gasteiger partial charge is 0.339 e. The van der Waals surface area contributed by atoms with Crippen molar-refractivity contribution in [2.45, 2.75) is 79.7 Å². The third-order valence-corrected chi connectivity index (χ3v) is 7.45. The van der Waals surface area contributed by atoms with Gasteiger partial charge in [-0.3, -0.25) is 0 Å². The molecule has 0 aromatic rings. The first-order chi connectivity index (χ1) is 18.5. The minimum atomic E-state index is -1.88. The normalized spacial score (nSPS) is 46.1. The van der Waals surface area contributed by atoms with Gasteiger partial charge in [0.05, 0.1) is 39.1 Å². The monoisotopic (exact) mass is 566 g/mol. The molecule has 3 aliphatic heterocycles. The minimum absolute atomic E-state index is 0.0807. The Balaban J connectivity index is 1.48. The Labute approximate surface area is 221 Å². The lowest BCUT2D eigenvalue weighted by Gasteiger charge is -2.45. The van der Waals surface area contributed by atoms with E-state index in [9.17, 15) is 50.8 Å². The molecule has 16 heteroatoms. The maximum absolute atomic E-state index is 12.2. The zero-order valence-electron chi connectivity index (χ0n) is 20.8. The molecule has 0 unspecified atom stereocenters. The quantitative estimate of drug-likeness (QED) is 0.0982. The zero-order chi connectivity index (χ0) is 28.6. The number of aliphatic hydroxyl groups is 9. The average Bonchev–Trinajstić information content (AvgIpc) is 3.29. The third kappa shape index (κ3) is 5.45. The molecule has 9 N–H and O–H groups in total. The first-order valence-corrected chi connectivity index (χ1v) is 12.2. The van der Waals surface area contributed by atoms with Gasteiger partial charge in [-0.15, -0.1) is 0 Å². The number of hydrogen-bond acceptors (Lipinski definition) is 16. The molecule has 4 aliphatic rings. The summed E-state index contributed by atoms with van der Waals surface area (Å²) in [7, 11) is 1.12. The highest BCUT2D eigenvalue weighted by atomic mass is 16.8. The van der Waals surface area contributed by atoms with Gasteiger partial charge in [0.25, 0.3) is 0 Å². The Morgan fingerprint density at radius 3 is 2.15 bits per heavy atom. The van der Waals surface area contributed by atoms with Gasteiger partial charge < -0.3 is 74.4 Å². The molecule has 1 aliphatic carbocycles. The molecule has 2 saturated heterocycles. The lowest BCUT2D eigenvalue weighted by atomic mass is 9.79. The Morgan fingerprint density at radius 2 is 1.54 bits per heavy atom. The molecule has 0 amide bonds. The van der Waals surface area contributed by atoms with Gasteiger partial charge in [-0.05, 0) is 12.0 Å². The van der Waals surface area contributed by atoms with Crippen molar-refractivity contribution in [3.63, 3.8) is 0 Å². The second-order valence-corrected chi connectivity index (χ2v) is 9.75. The Kier molecular flexibility index (Phi) is 9.29. The molecule has 0 spiro atoms. The van der Waals surface area contributed by atoms with Crippen LogP contribution >= 0.6 is 0 Å². The number of carbonyl (C=O) groups excluding carboxylic acids is 1. The molecule has 13 atom stereocenters. The topological polar surface area (TPSA) is 255 Å². The van der Waals surface area contributed by atoms with E-state index in [1.165, 1.54) is 6.08 Å². The van der Waals surface area contributed by atoms with Crippen LogP contribution in [0, 0.1) is 5.92 Å². The molecule has 0 bridgehead atoms. The van der Waals surface area contributed by atoms with Gasteiger partial charge in [0.2, 0.25) is 6.29 Å². The molecular weight excluding hydrogens is 532 g/mol. The van der Waals surface area contributed by atoms with E-state index in [-0.39, 0.29) is 17.6 Å². The van der Waals surface area contributed by atoms with E-state index < -0.39 is 105 Å². The summed E-state index contributed by atoms with van der Waals surface area (Å²) < 4.78 is 32.1. The van der Waals surface area contributed by atoms with E-state index in [0.29, 0.717) is 0 Å². The molecule has 3 heterocycles. The lowest BCUT2D eigenvalue weighted by molar-refractivity contribution is -0.354. The second-order valence-electron chi connectivity index (χ2n) is 9.75. The number of aliphatic hydroxyl groups excluding tert-OH is 8. The molecule has 4 rings (SSSR count). The highest BCUT2D eigenvalue weighted by Crippen LogP contribution is 2.47. The van der Waals surface area contributed by atoms with E-state index in [0.717, 1.165) is 13.4 Å². The standard InChI is InChI=1S/C23H34O16/c1-34-19(32)9-6-35-20(12-8(4-24)2-3-23(9,12)33)39-22-18(31)16(29)14(27)11(38-22)7-36-21-17(30)15(28)13(26)10(5-25)37-21/h2,6,10-18,20-22,24-31,33H,3-5,7H2,1H3/t10-,11-,12+,13-,14-,15+,16+,17-,18-,20+,21-,22+,23+/m1/s1. The maximum Gasteiger partial charge on any atom is 0.339 e. The number of rotatable bonds is 8. The fraction of sp³-hybridized carbons (Fsp3) is 0.783. The van der Waals surface area contributed by atoms with E-state index in [2.05, 4.69) is 0 Å². The van der Waals surface area contributed by atoms with E-state index in [4.69, 9.17) is 28.4 Å². The van der Waals surface area contributed by atoms with Crippen LogP contribution in [0.1, 0.15) is 6.42 Å². The van der Waals surface area contributed by atoms with Gasteiger partial charge in [0.15, 0.2) is 12.6 Å². The van der Waals surface area contributed by atoms with Crippen molar-refractivity contribution < 1.29 is 79.2 Å². The number of fused-ring (bicyclic) bond motifs is 1. The van der Waals surface area contributed by atoms with Gasteiger partial charge in [-0.25, -0.2) is 4.79 Å². The van der Waals surface area contributed by atoms with Gasteiger partial charge in [0, 0.05) is 0 Å². The Morgan fingerprint density at radius 1 is 0.923 bits per heavy atom. The first-order valence-electron chi connectivity index (χ1n) is 12.2. The van der Waals surface area contributed by atoms with Crippen LogP contribution < -0.4 is 0 Å². The molecular formula is C23H34O16. The van der Waals surface area contributed by atoms with Crippen LogP contribution in [0.15, 0.2) is 23.5 Å². The summed E-state index contributed by atoms with van der Waals surface area (Å²) in [4.78, 5) is 12.2. The van der Waals surface area contributed by atoms with E-state index in [1.54, 1.807) is 0 Å². The van der Waals surface area contributed by atoms with Crippen LogP contribution in [0.3, 0.4) is 0 Å². The predicted octanol–water partition coefficient (Wildman–Crippen LogP) is -5.29. The summed E-state index contributed by atoms with van der Waals surface area (Å²) in [6, 6.07) is 0. The van der Waals surface area contributed by atoms with E-state index in [1.807, 2.05) is 0 Å². The fourth-order valence-electron chi connectivity index (χ4n) is 5.14. The van der Waals surface area contributed by atoms with Gasteiger partial charge in [-0.1, -0.05) is 6.08 Å². The second kappa shape index (κ2) is 12.0. The van der Waals surface area contributed by atoms with Crippen LogP contribution in [0.25, 0.3) is 0 Å². The zero-order valence-corrected chi connectivity index (χ0v) is 20.8. The lowest BCUT2D eigenvalue weighted by Crippen LogP contribution is -2.62. The largest absolute Gasteiger partial charge is 0.471 e. The third-order valence-electron chi connectivity index (χ3n) is 7.45. The fourth-order valence-corrected chi connectivity index (χ4v) is 5.14. The average molecular weight is 567 g/mol. The van der Waals surface area contributed by atoms with Crippen molar-refractivity contribution >= 4 is 5.97 Å². The van der Waals surface area contributed by atoms with Crippen molar-refractivity contribution in [2.75, 3.05) is 26.9 Å². The van der Waals surface area contributed by atoms with E-state index >= 15 is 0 Å². The molecule has 222 valence electrons. The number of hydrogen-bond donors (Lipinski definition) is 9. The van der Waals surface area contributed by atoms with Crippen molar-refractivity contribution in [3.05, 3.63) is 23.5 Å². The van der Waals surface area contributed by atoms with Gasteiger partial charge in [-0.2, -0.15) is 0 Å². The number of ether oxygens (including phenoxy) is 6. The summed E-state index contributed by atoms with van der Waals surface area (Å²) in [5.74, 6) is -2.00. The van der Waals surface area contributed by atoms with Crippen molar-refractivity contribution in [3.8, 4) is 0 Å². The molecule has 0 radical (unpaired) electrons. The number of carbonyl (C=O) groups is 1. The van der Waals surface area contributed by atoms with Crippen LogP contribution in [-0.4, -0.2) is 152 Å². The van der Waals surface area contributed by atoms with Crippen LogP contribution in [0.4, 0.5) is 0 Å². The molecule has 0 saturated carbocycles. The molecule has 2 fully saturated rings. The first kappa shape index (κ1) is 30.2. The summed E-state index contributed by atoms with van der Waals surface area (Å²) in [6.45, 7) is -1.80. The molecule has 39 heavy (non-hydrogen) atoms. The van der Waals surface area contributed by atoms with Crippen molar-refractivity contribution in [1.29, 1.82) is 0 Å². The Hall–Kier alpha value is -1.77. The SMILES string of the molecule is COC(=O)C1=CO[C@@H](O[C@@H]2O[C@H](CO[C@@H]3O[C@H](CO)[C@@H](O)[C@H](O)[C@H]3O)[C@@H](O)[C@H](O)[C@H]2O)[C@@H]2C(CO)=CC[C@]12O. The highest BCUT2D eigenvalue weighted by Gasteiger charge is 2.57. The summed E-state index contributed by atoms with van der Waals surface area (Å²) in [5, 5.41) is 91.8. The van der Waals surface area contributed by atoms with Crippen LogP contribution in [0.5, 0.6) is 0 Å². The van der Waals surface area contributed by atoms with Crippen molar-refractivity contribution in [2.24, 2.45) is 5.92 Å². The summed E-state index contributed by atoms with van der Waals surface area (Å²) in [6.07, 6.45) is -15.4. The number of esters is 1. The van der Waals surface area contributed by atoms with Crippen LogP contribution in [0.2, 0.25) is 0 Å². The number of methoxy groups -OCH3 is 1. The summed E-state index contributed by atoms with van der Waals surface area (Å²) >= 11 is 0. The molecule has 0 aromatic carbocycles. The maximum atomic E-state index is 12.2. The molecule has 16 nitrogen and oxygen atoms in total. The van der Waals surface area contributed by atoms with Crippen LogP contribution in [-0.2, 0) is 33.2 Å². The van der Waals surface area contributed by atoms with Gasteiger partial charge >= 0.3 is 5.97 Å². The Bertz CT molecular complexity index is 939. The summed E-state index contributed by atoms with van der Waals surface area (Å²) in [5.41, 5.74) is -1.83. The predicted molar refractivity (Wildman–Crippen MR) is 121 cm³/mol. The minimum Gasteiger partial charge on any atom is -0.471 e. The van der Waals surface area contributed by atoms with Crippen molar-refractivity contribution in [1.82, 2.24) is 0 Å². The molecule has 0 aromatic heterocycles. The van der Waals surface area contributed by atoms with Gasteiger partial charge in [0.1, 0.15) is 60.0 Å². The highest BCUT2D eigenvalue weighted by molar-refractivity contribution is 5.91.